The van der Waals surface area contributed by atoms with Crippen LogP contribution < -0.4 is 9.75 Å². The second-order valence-corrected chi connectivity index (χ2v) is 23.8. The SMILES string of the molecule is CC(C)[Si](c1ccccc1)(C(C)C)N(c1cccc(-c2cc(-c3c(C(C)(C)C)cccc3C(C)(C)C)ccn2)c1)c1ccc2c3ccccc3n(-c3ccccn3)c2c1. The van der Waals surface area contributed by atoms with E-state index in [4.69, 9.17) is 9.97 Å². The number of fused-ring (bicyclic) bond motifs is 3. The molecule has 3 aromatic heterocycles. The van der Waals surface area contributed by atoms with Crippen molar-refractivity contribution in [2.75, 3.05) is 4.57 Å². The molecule has 0 aliphatic rings. The standard InChI is InChI=1S/C54H58N4Si/c1-37(2)59(38(3)4,43-22-12-11-13-23-43)58(42-29-30-45-44-24-14-15-27-49(44)57(50(45)36-42)51-28-16-17-32-56-51)41-21-18-20-39(34-41)48-35-40(31-33-55-48)52-46(53(5,6)7)25-19-26-47(52)54(8,9)10/h11-38H,1-10H3. The van der Waals surface area contributed by atoms with E-state index < -0.39 is 8.24 Å². The molecule has 5 heteroatoms. The van der Waals surface area contributed by atoms with Crippen LogP contribution in [0.3, 0.4) is 0 Å². The zero-order valence-electron chi connectivity index (χ0n) is 36.5. The van der Waals surface area contributed by atoms with Crippen molar-refractivity contribution in [2.45, 2.75) is 91.1 Å². The summed E-state index contributed by atoms with van der Waals surface area (Å²) in [5.74, 6) is 0.914. The second kappa shape index (κ2) is 15.4. The first-order valence-corrected chi connectivity index (χ1v) is 23.3. The number of rotatable bonds is 9. The Labute approximate surface area is 352 Å². The lowest BCUT2D eigenvalue weighted by Crippen LogP contribution is -2.65. The van der Waals surface area contributed by atoms with Gasteiger partial charge in [-0.2, -0.15) is 0 Å². The molecule has 4 nitrogen and oxygen atoms in total. The molecule has 5 aromatic carbocycles. The minimum Gasteiger partial charge on any atom is -0.364 e. The maximum atomic E-state index is 5.08. The van der Waals surface area contributed by atoms with Crippen molar-refractivity contribution in [3.05, 3.63) is 169 Å². The number of hydrogen-bond acceptors (Lipinski definition) is 3. The van der Waals surface area contributed by atoms with Crippen molar-refractivity contribution in [1.82, 2.24) is 14.5 Å². The van der Waals surface area contributed by atoms with E-state index in [1.807, 2.05) is 18.5 Å². The third-order valence-corrected chi connectivity index (χ3v) is 18.3. The van der Waals surface area contributed by atoms with E-state index in [0.717, 1.165) is 28.1 Å². The maximum Gasteiger partial charge on any atom is 0.198 e. The first-order valence-electron chi connectivity index (χ1n) is 21.2. The number of benzene rings is 5. The predicted octanol–water partition coefficient (Wildman–Crippen LogP) is 14.3. The van der Waals surface area contributed by atoms with Gasteiger partial charge in [0.1, 0.15) is 5.82 Å². The third kappa shape index (κ3) is 7.10. The van der Waals surface area contributed by atoms with Crippen LogP contribution in [0.25, 0.3) is 50.0 Å². The molecule has 3 heterocycles. The van der Waals surface area contributed by atoms with Crippen molar-refractivity contribution < 1.29 is 0 Å². The van der Waals surface area contributed by atoms with Gasteiger partial charge in [-0.05, 0) is 104 Å². The number of anilines is 2. The molecule has 0 radical (unpaired) electrons. The molecule has 0 aliphatic heterocycles. The lowest BCUT2D eigenvalue weighted by Gasteiger charge is -2.50. The Morgan fingerprint density at radius 3 is 1.80 bits per heavy atom. The summed E-state index contributed by atoms with van der Waals surface area (Å²) in [7, 11) is -2.62. The summed E-state index contributed by atoms with van der Waals surface area (Å²) >= 11 is 0. The van der Waals surface area contributed by atoms with Gasteiger partial charge in [0, 0.05) is 40.1 Å². The first-order chi connectivity index (χ1) is 28.2. The van der Waals surface area contributed by atoms with Crippen LogP contribution in [0.4, 0.5) is 11.4 Å². The Morgan fingerprint density at radius 2 is 1.14 bits per heavy atom. The molecule has 0 spiro atoms. The van der Waals surface area contributed by atoms with Crippen molar-refractivity contribution in [3.8, 4) is 28.2 Å². The molecule has 8 aromatic rings. The van der Waals surface area contributed by atoms with Crippen LogP contribution in [0.2, 0.25) is 11.1 Å². The maximum absolute atomic E-state index is 5.08. The highest BCUT2D eigenvalue weighted by molar-refractivity contribution is 6.97. The molecular formula is C54H58N4Si. The number of para-hydroxylation sites is 1. The summed E-state index contributed by atoms with van der Waals surface area (Å²) in [6.45, 7) is 23.6. The summed E-state index contributed by atoms with van der Waals surface area (Å²) in [6.07, 6.45) is 3.88. The van der Waals surface area contributed by atoms with Crippen LogP contribution in [-0.4, -0.2) is 22.8 Å². The topological polar surface area (TPSA) is 34.0 Å². The fourth-order valence-corrected chi connectivity index (χ4v) is 15.6. The molecule has 0 unspecified atom stereocenters. The number of aromatic nitrogens is 3. The van der Waals surface area contributed by atoms with E-state index in [9.17, 15) is 0 Å². The molecule has 59 heavy (non-hydrogen) atoms. The molecular weight excluding hydrogens is 733 g/mol. The minimum absolute atomic E-state index is 0.0249. The van der Waals surface area contributed by atoms with E-state index in [1.54, 1.807) is 0 Å². The summed E-state index contributed by atoms with van der Waals surface area (Å²) in [5.41, 5.74) is 12.7. The average molecular weight is 791 g/mol. The molecule has 8 rings (SSSR count). The molecule has 298 valence electrons. The summed E-state index contributed by atoms with van der Waals surface area (Å²) in [6, 6.07) is 53.8. The van der Waals surface area contributed by atoms with Gasteiger partial charge in [0.05, 0.1) is 16.7 Å². The molecule has 0 amide bonds. The fourth-order valence-electron chi connectivity index (χ4n) is 9.75. The van der Waals surface area contributed by atoms with Crippen LogP contribution in [0.5, 0.6) is 0 Å². The summed E-state index contributed by atoms with van der Waals surface area (Å²) in [4.78, 5) is 9.95. The van der Waals surface area contributed by atoms with Crippen LogP contribution in [0, 0.1) is 0 Å². The molecule has 0 atom stereocenters. The summed E-state index contributed by atoms with van der Waals surface area (Å²) < 4.78 is 5.09. The number of pyridine rings is 2. The third-order valence-electron chi connectivity index (χ3n) is 12.3. The quantitative estimate of drug-likeness (QED) is 0.137. The Kier molecular flexibility index (Phi) is 10.5. The van der Waals surface area contributed by atoms with Gasteiger partial charge >= 0.3 is 0 Å². The smallest absolute Gasteiger partial charge is 0.198 e. The van der Waals surface area contributed by atoms with Crippen LogP contribution in [0.1, 0.15) is 80.4 Å². The van der Waals surface area contributed by atoms with Crippen molar-refractivity contribution in [2.24, 2.45) is 0 Å². The number of nitrogens with zero attached hydrogens (tertiary/aromatic N) is 4. The predicted molar refractivity (Wildman–Crippen MR) is 255 cm³/mol. The highest BCUT2D eigenvalue weighted by atomic mass is 28.3. The lowest BCUT2D eigenvalue weighted by molar-refractivity contribution is 0.572. The van der Waals surface area contributed by atoms with Gasteiger partial charge in [-0.15, -0.1) is 0 Å². The van der Waals surface area contributed by atoms with E-state index in [1.165, 1.54) is 49.6 Å². The van der Waals surface area contributed by atoms with Crippen molar-refractivity contribution >= 4 is 46.6 Å². The normalized spacial score (nSPS) is 12.5. The molecule has 0 N–H and O–H groups in total. The van der Waals surface area contributed by atoms with E-state index in [0.29, 0.717) is 11.1 Å². The van der Waals surface area contributed by atoms with Gasteiger partial charge in [0.25, 0.3) is 0 Å². The number of hydrogen-bond donors (Lipinski definition) is 0. The van der Waals surface area contributed by atoms with Gasteiger partial charge < -0.3 is 4.57 Å². The average Bonchev–Trinajstić information content (AvgIpc) is 3.56. The molecule has 0 fully saturated rings. The monoisotopic (exact) mass is 790 g/mol. The Morgan fingerprint density at radius 1 is 0.508 bits per heavy atom. The van der Waals surface area contributed by atoms with Gasteiger partial charge in [-0.3, -0.25) is 9.55 Å². The fraction of sp³-hybridized carbons (Fsp3) is 0.259. The molecule has 0 saturated heterocycles. The molecule has 0 bridgehead atoms. The largest absolute Gasteiger partial charge is 0.364 e. The highest BCUT2D eigenvalue weighted by Crippen LogP contribution is 2.46. The van der Waals surface area contributed by atoms with E-state index in [2.05, 4.69) is 218 Å². The van der Waals surface area contributed by atoms with Gasteiger partial charge in [0.2, 0.25) is 0 Å². The van der Waals surface area contributed by atoms with E-state index >= 15 is 0 Å². The van der Waals surface area contributed by atoms with Crippen molar-refractivity contribution in [1.29, 1.82) is 0 Å². The molecule has 0 aliphatic carbocycles. The van der Waals surface area contributed by atoms with Crippen LogP contribution in [-0.2, 0) is 10.8 Å². The second-order valence-electron chi connectivity index (χ2n) is 18.8. The van der Waals surface area contributed by atoms with Gasteiger partial charge in [-0.25, -0.2) is 4.98 Å². The summed E-state index contributed by atoms with van der Waals surface area (Å²) in [5, 5.41) is 3.87. The van der Waals surface area contributed by atoms with Crippen LogP contribution in [0.15, 0.2) is 158 Å². The van der Waals surface area contributed by atoms with Crippen molar-refractivity contribution in [3.63, 3.8) is 0 Å². The lowest BCUT2D eigenvalue weighted by atomic mass is 9.74. The minimum atomic E-state index is -2.62. The Balaban J connectivity index is 1.38. The van der Waals surface area contributed by atoms with Crippen LogP contribution >= 0.6 is 0 Å². The zero-order chi connectivity index (χ0) is 41.7. The Hall–Kier alpha value is -5.78. The first kappa shape index (κ1) is 40.0. The molecule has 0 saturated carbocycles. The highest BCUT2D eigenvalue weighted by Gasteiger charge is 2.49. The zero-order valence-corrected chi connectivity index (χ0v) is 37.5. The van der Waals surface area contributed by atoms with E-state index in [-0.39, 0.29) is 10.8 Å². The Bertz CT molecular complexity index is 2710. The van der Waals surface area contributed by atoms with Gasteiger partial charge in [-0.1, -0.05) is 160 Å². The van der Waals surface area contributed by atoms with Gasteiger partial charge in [0.15, 0.2) is 8.24 Å².